The van der Waals surface area contributed by atoms with E-state index in [4.69, 9.17) is 4.84 Å². The van der Waals surface area contributed by atoms with Gasteiger partial charge in [0.25, 0.3) is 5.09 Å². The van der Waals surface area contributed by atoms with Crippen LogP contribution in [0, 0.1) is 27.4 Å². The number of phenolic OH excluding ortho intramolecular Hbond substituents is 1. The van der Waals surface area contributed by atoms with E-state index in [1.807, 2.05) is 6.07 Å². The standard InChI is InChI=1S/C19H25NO5/c1-10-7-14-15-5-6-17(22)19(15,2)9-16(25-20(23)24)18(14)12-4-3-11(21)8-13(10)12/h3-4,8,10,14-18,21-22H,5-7,9H2,1-2H3/t10-,14?,15?,16?,17-,18?,19-/m0/s1. The summed E-state index contributed by atoms with van der Waals surface area (Å²) in [7, 11) is 0. The normalized spacial score (nSPS) is 42.2. The Morgan fingerprint density at radius 3 is 2.80 bits per heavy atom. The summed E-state index contributed by atoms with van der Waals surface area (Å²) in [6.07, 6.45) is 2.15. The molecule has 4 unspecified atom stereocenters. The molecule has 3 aliphatic carbocycles. The predicted octanol–water partition coefficient (Wildman–Crippen LogP) is 3.36. The number of hydrogen-bond acceptors (Lipinski definition) is 5. The van der Waals surface area contributed by atoms with E-state index < -0.39 is 17.3 Å². The zero-order valence-electron chi connectivity index (χ0n) is 14.6. The Labute approximate surface area is 146 Å². The van der Waals surface area contributed by atoms with Crippen LogP contribution in [0.25, 0.3) is 0 Å². The van der Waals surface area contributed by atoms with Gasteiger partial charge in [-0.2, -0.15) is 0 Å². The lowest BCUT2D eigenvalue weighted by Crippen LogP contribution is -2.51. The first kappa shape index (κ1) is 16.6. The third-order valence-electron chi connectivity index (χ3n) is 7.19. The second-order valence-corrected chi connectivity index (χ2v) is 8.42. The first-order chi connectivity index (χ1) is 11.8. The zero-order chi connectivity index (χ0) is 17.9. The molecule has 1 aromatic carbocycles. The van der Waals surface area contributed by atoms with Crippen molar-refractivity contribution in [1.82, 2.24) is 0 Å². The molecule has 7 atom stereocenters. The maximum atomic E-state index is 11.1. The van der Waals surface area contributed by atoms with E-state index in [2.05, 4.69) is 13.8 Å². The van der Waals surface area contributed by atoms with Gasteiger partial charge in [-0.3, -0.25) is 0 Å². The number of hydrogen-bond donors (Lipinski definition) is 2. The van der Waals surface area contributed by atoms with Gasteiger partial charge in [-0.1, -0.05) is 19.9 Å². The Morgan fingerprint density at radius 2 is 2.08 bits per heavy atom. The monoisotopic (exact) mass is 347 g/mol. The van der Waals surface area contributed by atoms with Gasteiger partial charge in [0.2, 0.25) is 0 Å². The minimum Gasteiger partial charge on any atom is -0.508 e. The van der Waals surface area contributed by atoms with E-state index in [0.717, 1.165) is 30.4 Å². The van der Waals surface area contributed by atoms with Crippen LogP contribution in [0.5, 0.6) is 5.75 Å². The third-order valence-corrected chi connectivity index (χ3v) is 7.19. The Morgan fingerprint density at radius 1 is 1.32 bits per heavy atom. The number of fused-ring (bicyclic) bond motifs is 5. The van der Waals surface area contributed by atoms with E-state index in [1.165, 1.54) is 0 Å². The molecule has 2 N–H and O–H groups in total. The molecular formula is C19H25NO5. The van der Waals surface area contributed by atoms with E-state index in [1.54, 1.807) is 12.1 Å². The summed E-state index contributed by atoms with van der Waals surface area (Å²) < 4.78 is 0. The lowest BCUT2D eigenvalue weighted by Gasteiger charge is -2.53. The molecule has 0 heterocycles. The Balaban J connectivity index is 1.81. The zero-order valence-corrected chi connectivity index (χ0v) is 14.6. The van der Waals surface area contributed by atoms with Crippen LogP contribution in [0.15, 0.2) is 18.2 Å². The Hall–Kier alpha value is -1.82. The van der Waals surface area contributed by atoms with Crippen LogP contribution in [0.2, 0.25) is 0 Å². The number of nitrogens with zero attached hydrogens (tertiary/aromatic N) is 1. The molecule has 0 spiro atoms. The molecule has 0 bridgehead atoms. The minimum atomic E-state index is -0.690. The number of aliphatic hydroxyl groups is 1. The van der Waals surface area contributed by atoms with Gasteiger partial charge in [0.15, 0.2) is 0 Å². The van der Waals surface area contributed by atoms with Gasteiger partial charge in [-0.05, 0) is 72.1 Å². The highest BCUT2D eigenvalue weighted by Gasteiger charge is 2.59. The van der Waals surface area contributed by atoms with Gasteiger partial charge >= 0.3 is 0 Å². The van der Waals surface area contributed by atoms with E-state index in [0.29, 0.717) is 12.3 Å². The van der Waals surface area contributed by atoms with Gasteiger partial charge in [0, 0.05) is 5.92 Å². The van der Waals surface area contributed by atoms with Gasteiger partial charge < -0.3 is 15.1 Å². The molecule has 0 amide bonds. The van der Waals surface area contributed by atoms with E-state index in [-0.39, 0.29) is 28.9 Å². The number of aliphatic hydroxyl groups excluding tert-OH is 1. The summed E-state index contributed by atoms with van der Waals surface area (Å²) in [5, 5.41) is 30.9. The average molecular weight is 347 g/mol. The third kappa shape index (κ3) is 2.41. The molecular weight excluding hydrogens is 322 g/mol. The van der Waals surface area contributed by atoms with Crippen molar-refractivity contribution in [1.29, 1.82) is 0 Å². The van der Waals surface area contributed by atoms with Crippen molar-refractivity contribution in [3.05, 3.63) is 39.4 Å². The van der Waals surface area contributed by atoms with Crippen LogP contribution in [-0.4, -0.2) is 27.5 Å². The summed E-state index contributed by atoms with van der Waals surface area (Å²) in [4.78, 5) is 16.3. The summed E-state index contributed by atoms with van der Waals surface area (Å²) in [6.45, 7) is 4.22. The van der Waals surface area contributed by atoms with E-state index >= 15 is 0 Å². The van der Waals surface area contributed by atoms with Gasteiger partial charge in [-0.25, -0.2) is 0 Å². The second kappa shape index (κ2) is 5.59. The fourth-order valence-corrected chi connectivity index (χ4v) is 6.10. The average Bonchev–Trinajstić information content (AvgIpc) is 2.82. The molecule has 6 heteroatoms. The fourth-order valence-electron chi connectivity index (χ4n) is 6.10. The van der Waals surface area contributed by atoms with Gasteiger partial charge in [0.1, 0.15) is 11.9 Å². The lowest BCUT2D eigenvalue weighted by atomic mass is 9.53. The maximum absolute atomic E-state index is 11.1. The van der Waals surface area contributed by atoms with Crippen LogP contribution < -0.4 is 0 Å². The summed E-state index contributed by atoms with van der Waals surface area (Å²) in [5.41, 5.74) is 1.81. The molecule has 1 aromatic rings. The molecule has 2 fully saturated rings. The molecule has 0 radical (unpaired) electrons. The molecule has 6 nitrogen and oxygen atoms in total. The number of aromatic hydroxyl groups is 1. The van der Waals surface area contributed by atoms with Crippen LogP contribution in [0.4, 0.5) is 0 Å². The highest BCUT2D eigenvalue weighted by atomic mass is 17.0. The summed E-state index contributed by atoms with van der Waals surface area (Å²) in [6, 6.07) is 5.35. The van der Waals surface area contributed by atoms with Crippen molar-refractivity contribution in [3.63, 3.8) is 0 Å². The van der Waals surface area contributed by atoms with Gasteiger partial charge in [0.05, 0.1) is 6.10 Å². The van der Waals surface area contributed by atoms with Crippen molar-refractivity contribution in [3.8, 4) is 5.75 Å². The first-order valence-corrected chi connectivity index (χ1v) is 9.13. The van der Waals surface area contributed by atoms with Crippen molar-refractivity contribution in [2.24, 2.45) is 17.3 Å². The number of phenols is 1. The highest BCUT2D eigenvalue weighted by Crippen LogP contribution is 2.63. The molecule has 0 aromatic heterocycles. The number of benzene rings is 1. The quantitative estimate of drug-likeness (QED) is 0.632. The molecule has 2 saturated carbocycles. The summed E-state index contributed by atoms with van der Waals surface area (Å²) >= 11 is 0. The molecule has 4 rings (SSSR count). The van der Waals surface area contributed by atoms with E-state index in [9.17, 15) is 20.3 Å². The maximum Gasteiger partial charge on any atom is 0.294 e. The molecule has 3 aliphatic rings. The molecule has 0 saturated heterocycles. The van der Waals surface area contributed by atoms with Crippen LogP contribution in [-0.2, 0) is 4.84 Å². The van der Waals surface area contributed by atoms with Crippen LogP contribution in [0.1, 0.15) is 62.5 Å². The molecule has 25 heavy (non-hydrogen) atoms. The van der Waals surface area contributed by atoms with Crippen LogP contribution in [0.3, 0.4) is 0 Å². The van der Waals surface area contributed by atoms with Crippen molar-refractivity contribution in [2.45, 2.75) is 63.6 Å². The fraction of sp³-hybridized carbons (Fsp3) is 0.684. The lowest BCUT2D eigenvalue weighted by molar-refractivity contribution is -0.771. The molecule has 136 valence electrons. The van der Waals surface area contributed by atoms with Crippen molar-refractivity contribution >= 4 is 0 Å². The topological polar surface area (TPSA) is 92.8 Å². The Kier molecular flexibility index (Phi) is 3.72. The smallest absolute Gasteiger partial charge is 0.294 e. The first-order valence-electron chi connectivity index (χ1n) is 9.13. The van der Waals surface area contributed by atoms with Crippen LogP contribution >= 0.6 is 0 Å². The van der Waals surface area contributed by atoms with Gasteiger partial charge in [-0.15, -0.1) is 10.1 Å². The summed E-state index contributed by atoms with van der Waals surface area (Å²) in [5.74, 6) is 1.06. The van der Waals surface area contributed by atoms with Crippen molar-refractivity contribution < 1.29 is 20.1 Å². The number of rotatable bonds is 2. The molecule has 0 aliphatic heterocycles. The Bertz CT molecular complexity index is 707. The second-order valence-electron chi connectivity index (χ2n) is 8.42. The predicted molar refractivity (Wildman–Crippen MR) is 90.7 cm³/mol. The SMILES string of the molecule is C[C@H]1CC2C(c3ccc(O)cc31)C(O[N+](=O)[O-])C[C@@]1(C)C2CC[C@@H]1O. The van der Waals surface area contributed by atoms with Crippen molar-refractivity contribution in [2.75, 3.05) is 0 Å². The largest absolute Gasteiger partial charge is 0.508 e. The minimum absolute atomic E-state index is 0.0550. The highest BCUT2D eigenvalue weighted by molar-refractivity contribution is 5.43.